The Morgan fingerprint density at radius 1 is 0.700 bits per heavy atom. The molecule has 0 aliphatic carbocycles. The molecule has 0 radical (unpaired) electrons. The van der Waals surface area contributed by atoms with Gasteiger partial charge < -0.3 is 0 Å². The van der Waals surface area contributed by atoms with Gasteiger partial charge in [0, 0.05) is 0 Å². The highest BCUT2D eigenvalue weighted by Crippen LogP contribution is 2.47. The molecule has 2 saturated heterocycles. The first-order chi connectivity index (χ1) is 14.5. The molecule has 30 heavy (non-hydrogen) atoms. The minimum atomic E-state index is -0.842. The first kappa shape index (κ1) is 18.6. The highest BCUT2D eigenvalue weighted by molar-refractivity contribution is 6.23. The van der Waals surface area contributed by atoms with Gasteiger partial charge in [-0.25, -0.2) is 9.96 Å². The van der Waals surface area contributed by atoms with Crippen molar-refractivity contribution >= 4 is 23.2 Å². The third kappa shape index (κ3) is 2.90. The monoisotopic (exact) mass is 398 g/mol. The van der Waals surface area contributed by atoms with E-state index >= 15 is 0 Å². The summed E-state index contributed by atoms with van der Waals surface area (Å²) in [4.78, 5) is 34.2. The molecule has 2 heterocycles. The molecule has 2 fully saturated rings. The molecule has 0 N–H and O–H groups in total. The van der Waals surface area contributed by atoms with E-state index in [0.29, 0.717) is 5.69 Å². The summed E-state index contributed by atoms with van der Waals surface area (Å²) in [6.45, 7) is 4.00. The van der Waals surface area contributed by atoms with Gasteiger partial charge in [0.15, 0.2) is 6.10 Å². The number of benzene rings is 3. The maximum absolute atomic E-state index is 13.5. The number of para-hydroxylation sites is 1. The van der Waals surface area contributed by atoms with Gasteiger partial charge in [-0.1, -0.05) is 65.7 Å². The molecule has 2 aliphatic rings. The van der Waals surface area contributed by atoms with E-state index in [0.717, 1.165) is 22.4 Å². The van der Waals surface area contributed by atoms with Crippen LogP contribution in [0, 0.1) is 19.8 Å². The number of amides is 2. The van der Waals surface area contributed by atoms with Crippen LogP contribution < -0.4 is 9.96 Å². The predicted molar refractivity (Wildman–Crippen MR) is 115 cm³/mol. The molecule has 3 aromatic carbocycles. The number of carbonyl (C=O) groups is 2. The van der Waals surface area contributed by atoms with E-state index in [2.05, 4.69) is 0 Å². The van der Waals surface area contributed by atoms with E-state index in [4.69, 9.17) is 4.84 Å². The van der Waals surface area contributed by atoms with Gasteiger partial charge in [-0.2, -0.15) is 0 Å². The van der Waals surface area contributed by atoms with E-state index in [9.17, 15) is 9.59 Å². The summed E-state index contributed by atoms with van der Waals surface area (Å²) in [6, 6.07) is 24.7. The van der Waals surface area contributed by atoms with Crippen LogP contribution in [0.3, 0.4) is 0 Å². The van der Waals surface area contributed by atoms with Gasteiger partial charge in [0.05, 0.1) is 17.4 Å². The number of imide groups is 1. The number of carbonyl (C=O) groups excluding carboxylic acids is 2. The average Bonchev–Trinajstić information content (AvgIpc) is 3.27. The third-order valence-corrected chi connectivity index (χ3v) is 5.84. The number of hydroxylamine groups is 1. The molecule has 5 nitrogen and oxygen atoms in total. The van der Waals surface area contributed by atoms with Crippen molar-refractivity contribution in [3.8, 4) is 0 Å². The average molecular weight is 398 g/mol. The number of hydrogen-bond acceptors (Lipinski definition) is 4. The zero-order valence-electron chi connectivity index (χ0n) is 16.9. The Bertz CT molecular complexity index is 1090. The first-order valence-electron chi connectivity index (χ1n) is 10.1. The Balaban J connectivity index is 1.58. The second kappa shape index (κ2) is 7.11. The van der Waals surface area contributed by atoms with Crippen LogP contribution in [-0.2, 0) is 14.4 Å². The summed E-state index contributed by atoms with van der Waals surface area (Å²) in [6.07, 6.45) is -0.842. The molecule has 0 bridgehead atoms. The van der Waals surface area contributed by atoms with E-state index in [1.165, 1.54) is 4.90 Å². The quantitative estimate of drug-likeness (QED) is 0.616. The van der Waals surface area contributed by atoms with Crippen molar-refractivity contribution in [1.82, 2.24) is 0 Å². The van der Waals surface area contributed by atoms with Gasteiger partial charge in [-0.05, 0) is 43.7 Å². The lowest BCUT2D eigenvalue weighted by atomic mass is 9.90. The summed E-state index contributed by atoms with van der Waals surface area (Å²) in [5, 5.41) is 1.72. The van der Waals surface area contributed by atoms with E-state index in [1.54, 1.807) is 5.06 Å². The number of fused-ring (bicyclic) bond motifs is 1. The fourth-order valence-corrected chi connectivity index (χ4v) is 4.26. The molecule has 3 aromatic rings. The Kier molecular flexibility index (Phi) is 4.40. The van der Waals surface area contributed by atoms with Gasteiger partial charge in [0.25, 0.3) is 5.91 Å². The second-order valence-electron chi connectivity index (χ2n) is 7.92. The molecule has 0 spiro atoms. The van der Waals surface area contributed by atoms with Crippen LogP contribution >= 0.6 is 0 Å². The van der Waals surface area contributed by atoms with Crippen LogP contribution in [-0.4, -0.2) is 17.9 Å². The highest BCUT2D eigenvalue weighted by Gasteiger charge is 2.60. The third-order valence-electron chi connectivity index (χ3n) is 5.84. The van der Waals surface area contributed by atoms with Crippen molar-refractivity contribution in [2.75, 3.05) is 9.96 Å². The van der Waals surface area contributed by atoms with Crippen molar-refractivity contribution in [2.45, 2.75) is 26.0 Å². The largest absolute Gasteiger partial charge is 0.273 e. The summed E-state index contributed by atoms with van der Waals surface area (Å²) < 4.78 is 0. The molecule has 5 rings (SSSR count). The normalized spacial score (nSPS) is 23.2. The van der Waals surface area contributed by atoms with Crippen molar-refractivity contribution in [2.24, 2.45) is 5.92 Å². The topological polar surface area (TPSA) is 49.9 Å². The van der Waals surface area contributed by atoms with Crippen molar-refractivity contribution in [3.63, 3.8) is 0 Å². The first-order valence-corrected chi connectivity index (χ1v) is 10.1. The summed E-state index contributed by atoms with van der Waals surface area (Å²) in [7, 11) is 0. The van der Waals surface area contributed by atoms with Gasteiger partial charge >= 0.3 is 0 Å². The van der Waals surface area contributed by atoms with Crippen LogP contribution in [0.15, 0.2) is 78.9 Å². The zero-order chi connectivity index (χ0) is 20.8. The van der Waals surface area contributed by atoms with Gasteiger partial charge in [-0.15, -0.1) is 0 Å². The zero-order valence-corrected chi connectivity index (χ0v) is 16.9. The predicted octanol–water partition coefficient (Wildman–Crippen LogP) is 4.35. The second-order valence-corrected chi connectivity index (χ2v) is 7.92. The fourth-order valence-electron chi connectivity index (χ4n) is 4.26. The number of anilines is 2. The standard InChI is InChI=1S/C25H22N2O3/c1-16-8-12-18(13-9-16)22-21-23(30-27(22)20-6-4-3-5-7-20)25(29)26(24(21)28)19-14-10-17(2)11-15-19/h3-15,21-23H,1-2H3/t21-,22-,23+/m1/s1. The molecular formula is C25H22N2O3. The molecular weight excluding hydrogens is 376 g/mol. The van der Waals surface area contributed by atoms with E-state index in [-0.39, 0.29) is 17.9 Å². The van der Waals surface area contributed by atoms with Gasteiger partial charge in [0.1, 0.15) is 5.92 Å². The molecule has 2 amide bonds. The van der Waals surface area contributed by atoms with Gasteiger partial charge in [0.2, 0.25) is 5.91 Å². The van der Waals surface area contributed by atoms with Crippen molar-refractivity contribution < 1.29 is 14.4 Å². The molecule has 0 saturated carbocycles. The van der Waals surface area contributed by atoms with E-state index < -0.39 is 12.0 Å². The fraction of sp³-hybridized carbons (Fsp3) is 0.200. The highest BCUT2D eigenvalue weighted by atomic mass is 16.7. The maximum atomic E-state index is 13.5. The SMILES string of the molecule is Cc1ccc([C@@H]2[C@H]3C(=O)N(c4ccc(C)cc4)C(=O)[C@H]3ON2c2ccccc2)cc1. The summed E-state index contributed by atoms with van der Waals surface area (Å²) >= 11 is 0. The van der Waals surface area contributed by atoms with Crippen LogP contribution in [0.1, 0.15) is 22.7 Å². The van der Waals surface area contributed by atoms with Crippen molar-refractivity contribution in [3.05, 3.63) is 95.6 Å². The number of nitrogens with zero attached hydrogens (tertiary/aromatic N) is 2. The Morgan fingerprint density at radius 3 is 1.93 bits per heavy atom. The smallest absolute Gasteiger partial charge is 0.266 e. The molecule has 150 valence electrons. The van der Waals surface area contributed by atoms with Crippen LogP contribution in [0.4, 0.5) is 11.4 Å². The van der Waals surface area contributed by atoms with Crippen LogP contribution in [0.25, 0.3) is 0 Å². The summed E-state index contributed by atoms with van der Waals surface area (Å²) in [5.74, 6) is -1.15. The number of aryl methyl sites for hydroxylation is 2. The molecule has 3 atom stereocenters. The van der Waals surface area contributed by atoms with Crippen LogP contribution in [0.2, 0.25) is 0 Å². The summed E-state index contributed by atoms with van der Waals surface area (Å²) in [5.41, 5.74) is 4.56. The lowest BCUT2D eigenvalue weighted by Gasteiger charge is -2.28. The Hall–Kier alpha value is -3.44. The molecule has 0 aromatic heterocycles. The van der Waals surface area contributed by atoms with Gasteiger partial charge in [-0.3, -0.25) is 14.4 Å². The van der Waals surface area contributed by atoms with Crippen molar-refractivity contribution in [1.29, 1.82) is 0 Å². The minimum Gasteiger partial charge on any atom is -0.273 e. The molecule has 5 heteroatoms. The number of hydrogen-bond donors (Lipinski definition) is 0. The lowest BCUT2D eigenvalue weighted by Crippen LogP contribution is -2.37. The molecule has 0 unspecified atom stereocenters. The lowest BCUT2D eigenvalue weighted by molar-refractivity contribution is -0.126. The maximum Gasteiger partial charge on any atom is 0.266 e. The molecule has 2 aliphatic heterocycles. The van der Waals surface area contributed by atoms with Crippen LogP contribution in [0.5, 0.6) is 0 Å². The van der Waals surface area contributed by atoms with E-state index in [1.807, 2.05) is 92.7 Å². The Labute approximate surface area is 175 Å². The number of rotatable bonds is 3. The minimum absolute atomic E-state index is 0.224. The Morgan fingerprint density at radius 2 is 1.30 bits per heavy atom.